The lowest BCUT2D eigenvalue weighted by Crippen LogP contribution is -3.09. The fraction of sp³-hybridized carbons (Fsp3) is 0.562. The van der Waals surface area contributed by atoms with Gasteiger partial charge in [0.1, 0.15) is 0 Å². The van der Waals surface area contributed by atoms with Crippen molar-refractivity contribution in [3.05, 3.63) is 29.3 Å². The average Bonchev–Trinajstić information content (AvgIpc) is 2.38. The minimum absolute atomic E-state index is 0.115. The van der Waals surface area contributed by atoms with Crippen LogP contribution >= 0.6 is 0 Å². The molecular weight excluding hydrogens is 236 g/mol. The van der Waals surface area contributed by atoms with Crippen molar-refractivity contribution in [3.63, 3.8) is 0 Å². The summed E-state index contributed by atoms with van der Waals surface area (Å²) in [6.45, 7) is 8.30. The average molecular weight is 263 g/mol. The van der Waals surface area contributed by atoms with Gasteiger partial charge in [-0.2, -0.15) is 0 Å². The van der Waals surface area contributed by atoms with E-state index in [1.54, 1.807) is 0 Å². The Balaban J connectivity index is 2.40. The third-order valence-corrected chi connectivity index (χ3v) is 3.40. The van der Waals surface area contributed by atoms with Crippen LogP contribution in [0.3, 0.4) is 0 Å². The van der Waals surface area contributed by atoms with Gasteiger partial charge in [0.25, 0.3) is 0 Å². The molecule has 0 aromatic heterocycles. The van der Waals surface area contributed by atoms with E-state index in [1.165, 1.54) is 23.3 Å². The molecule has 3 nitrogen and oxygen atoms in total. The summed E-state index contributed by atoms with van der Waals surface area (Å²) in [7, 11) is 2.15. The van der Waals surface area contributed by atoms with Gasteiger partial charge in [0.2, 0.25) is 5.91 Å². The monoisotopic (exact) mass is 263 g/mol. The van der Waals surface area contributed by atoms with Crippen molar-refractivity contribution in [2.75, 3.05) is 25.5 Å². The molecule has 0 spiro atoms. The fourth-order valence-corrected chi connectivity index (χ4v) is 2.01. The smallest absolute Gasteiger partial charge is 0.230 e. The number of rotatable bonds is 7. The van der Waals surface area contributed by atoms with Crippen molar-refractivity contribution in [2.45, 2.75) is 40.0 Å². The van der Waals surface area contributed by atoms with Crippen LogP contribution in [-0.4, -0.2) is 26.0 Å². The maximum absolute atomic E-state index is 11.9. The van der Waals surface area contributed by atoms with Crippen molar-refractivity contribution in [1.29, 1.82) is 0 Å². The molecule has 1 unspecified atom stereocenters. The van der Waals surface area contributed by atoms with E-state index in [0.717, 1.165) is 24.3 Å². The van der Waals surface area contributed by atoms with Crippen molar-refractivity contribution < 1.29 is 9.69 Å². The molecule has 0 heterocycles. The molecule has 0 aliphatic rings. The first kappa shape index (κ1) is 15.7. The highest BCUT2D eigenvalue weighted by Gasteiger charge is 2.08. The van der Waals surface area contributed by atoms with Gasteiger partial charge in [0.05, 0.1) is 26.6 Å². The minimum Gasteiger partial charge on any atom is -0.337 e. The van der Waals surface area contributed by atoms with E-state index in [0.29, 0.717) is 6.42 Å². The zero-order chi connectivity index (χ0) is 14.3. The lowest BCUT2D eigenvalue weighted by Gasteiger charge is -2.14. The van der Waals surface area contributed by atoms with Crippen LogP contribution in [0.1, 0.15) is 37.3 Å². The Kier molecular flexibility index (Phi) is 6.57. The summed E-state index contributed by atoms with van der Waals surface area (Å²) in [5.41, 5.74) is 3.23. The zero-order valence-corrected chi connectivity index (χ0v) is 12.7. The van der Waals surface area contributed by atoms with Crippen molar-refractivity contribution >= 4 is 11.6 Å². The van der Waals surface area contributed by atoms with Crippen molar-refractivity contribution in [1.82, 2.24) is 0 Å². The molecule has 1 rings (SSSR count). The molecular formula is C16H27N2O+. The number of carbonyl (C=O) groups is 1. The topological polar surface area (TPSA) is 33.5 Å². The Hall–Kier alpha value is -1.35. The van der Waals surface area contributed by atoms with E-state index in [9.17, 15) is 4.79 Å². The second-order valence-corrected chi connectivity index (χ2v) is 5.43. The van der Waals surface area contributed by atoms with Crippen LogP contribution in [0.5, 0.6) is 0 Å². The summed E-state index contributed by atoms with van der Waals surface area (Å²) in [5, 5.41) is 3.01. The Morgan fingerprint density at radius 2 is 2.00 bits per heavy atom. The van der Waals surface area contributed by atoms with Crippen LogP contribution in [0.25, 0.3) is 0 Å². The summed E-state index contributed by atoms with van der Waals surface area (Å²) in [6, 6.07) is 6.14. The number of quaternary nitrogens is 1. The predicted molar refractivity (Wildman–Crippen MR) is 80.7 cm³/mol. The molecule has 0 saturated carbocycles. The summed E-state index contributed by atoms with van der Waals surface area (Å²) in [6.07, 6.45) is 3.03. The lowest BCUT2D eigenvalue weighted by atomic mass is 10.1. The number of hydrogen-bond acceptors (Lipinski definition) is 1. The van der Waals surface area contributed by atoms with E-state index >= 15 is 0 Å². The molecule has 1 amide bonds. The van der Waals surface area contributed by atoms with Crippen LogP contribution in [0.2, 0.25) is 0 Å². The Labute approximate surface area is 117 Å². The molecule has 1 aromatic carbocycles. The molecule has 0 radical (unpaired) electrons. The number of hydrogen-bond donors (Lipinski definition) is 2. The number of carbonyl (C=O) groups excluding carboxylic acids is 1. The third-order valence-electron chi connectivity index (χ3n) is 3.40. The molecule has 3 heteroatoms. The standard InChI is InChI=1S/C16H26N2O/c1-5-6-10-18(4)11-9-16(19)17-15-12-13(2)7-8-14(15)3/h7-8,12H,5-6,9-11H2,1-4H3,(H,17,19)/p+1. The van der Waals surface area contributed by atoms with Gasteiger partial charge in [-0.15, -0.1) is 0 Å². The molecule has 1 aromatic rings. The number of anilines is 1. The quantitative estimate of drug-likeness (QED) is 0.774. The molecule has 106 valence electrons. The minimum atomic E-state index is 0.115. The van der Waals surface area contributed by atoms with E-state index in [-0.39, 0.29) is 5.91 Å². The number of aryl methyl sites for hydroxylation is 2. The van der Waals surface area contributed by atoms with E-state index in [4.69, 9.17) is 0 Å². The Morgan fingerprint density at radius 1 is 1.26 bits per heavy atom. The third kappa shape index (κ3) is 5.88. The van der Waals surface area contributed by atoms with Gasteiger partial charge in [-0.3, -0.25) is 4.79 Å². The first-order valence-electron chi connectivity index (χ1n) is 7.21. The highest BCUT2D eigenvalue weighted by Crippen LogP contribution is 2.16. The number of unbranched alkanes of at least 4 members (excludes halogenated alkanes) is 1. The zero-order valence-electron chi connectivity index (χ0n) is 12.7. The van der Waals surface area contributed by atoms with Crippen molar-refractivity contribution in [2.24, 2.45) is 0 Å². The van der Waals surface area contributed by atoms with Gasteiger partial charge >= 0.3 is 0 Å². The second-order valence-electron chi connectivity index (χ2n) is 5.43. The van der Waals surface area contributed by atoms with Gasteiger partial charge in [0.15, 0.2) is 0 Å². The fourth-order valence-electron chi connectivity index (χ4n) is 2.01. The maximum Gasteiger partial charge on any atom is 0.230 e. The van der Waals surface area contributed by atoms with Crippen LogP contribution < -0.4 is 10.2 Å². The molecule has 1 atom stereocenters. The molecule has 0 aliphatic carbocycles. The second kappa shape index (κ2) is 7.95. The summed E-state index contributed by atoms with van der Waals surface area (Å²) in [5.74, 6) is 0.115. The Morgan fingerprint density at radius 3 is 2.68 bits per heavy atom. The summed E-state index contributed by atoms with van der Waals surface area (Å²) < 4.78 is 0. The largest absolute Gasteiger partial charge is 0.337 e. The first-order chi connectivity index (χ1) is 9.02. The van der Waals surface area contributed by atoms with Crippen LogP contribution in [0.4, 0.5) is 5.69 Å². The van der Waals surface area contributed by atoms with E-state index < -0.39 is 0 Å². The van der Waals surface area contributed by atoms with Gasteiger partial charge in [-0.1, -0.05) is 25.5 Å². The van der Waals surface area contributed by atoms with Gasteiger partial charge in [-0.05, 0) is 37.5 Å². The van der Waals surface area contributed by atoms with Crippen LogP contribution in [0.15, 0.2) is 18.2 Å². The SMILES string of the molecule is CCCC[NH+](C)CCC(=O)Nc1cc(C)ccc1C. The van der Waals surface area contributed by atoms with Crippen LogP contribution in [0, 0.1) is 13.8 Å². The molecule has 19 heavy (non-hydrogen) atoms. The lowest BCUT2D eigenvalue weighted by molar-refractivity contribution is -0.879. The van der Waals surface area contributed by atoms with Gasteiger partial charge in [0, 0.05) is 5.69 Å². The molecule has 0 saturated heterocycles. The predicted octanol–water partition coefficient (Wildman–Crippen LogP) is 1.95. The first-order valence-corrected chi connectivity index (χ1v) is 7.21. The highest BCUT2D eigenvalue weighted by molar-refractivity contribution is 5.91. The number of benzene rings is 1. The van der Waals surface area contributed by atoms with E-state index in [2.05, 4.69) is 25.4 Å². The van der Waals surface area contributed by atoms with Crippen LogP contribution in [-0.2, 0) is 4.79 Å². The summed E-state index contributed by atoms with van der Waals surface area (Å²) >= 11 is 0. The number of nitrogens with one attached hydrogen (secondary N) is 2. The molecule has 2 N–H and O–H groups in total. The summed E-state index contributed by atoms with van der Waals surface area (Å²) in [4.78, 5) is 13.4. The van der Waals surface area contributed by atoms with Gasteiger partial charge in [-0.25, -0.2) is 0 Å². The normalized spacial score (nSPS) is 12.2. The molecule has 0 aliphatic heterocycles. The highest BCUT2D eigenvalue weighted by atomic mass is 16.1. The molecule has 0 fully saturated rings. The Bertz CT molecular complexity index is 415. The number of amides is 1. The van der Waals surface area contributed by atoms with Gasteiger partial charge < -0.3 is 10.2 Å². The maximum atomic E-state index is 11.9. The van der Waals surface area contributed by atoms with Crippen molar-refractivity contribution in [3.8, 4) is 0 Å². The van der Waals surface area contributed by atoms with E-state index in [1.807, 2.05) is 26.0 Å². The molecule has 0 bridgehead atoms.